The van der Waals surface area contributed by atoms with Gasteiger partial charge in [0.05, 0.1) is 0 Å². The Kier molecular flexibility index (Phi) is 7.84. The Balaban J connectivity index is 0.00000280. The number of nitrogens with one attached hydrogen (secondary N) is 2. The molecule has 0 saturated carbocycles. The van der Waals surface area contributed by atoms with Crippen LogP contribution in [0.25, 0.3) is 0 Å². The zero-order valence-corrected chi connectivity index (χ0v) is 16.7. The van der Waals surface area contributed by atoms with Gasteiger partial charge in [0.15, 0.2) is 0 Å². The maximum atomic E-state index is 12.7. The molecule has 1 aliphatic heterocycles. The molecule has 0 radical (unpaired) electrons. The molecule has 3 amide bonds. The number of rotatable bonds is 4. The summed E-state index contributed by atoms with van der Waals surface area (Å²) < 4.78 is 0. The van der Waals surface area contributed by atoms with Crippen molar-refractivity contribution < 1.29 is 9.59 Å². The molecule has 1 unspecified atom stereocenters. The van der Waals surface area contributed by atoms with Crippen LogP contribution in [0.15, 0.2) is 54.6 Å². The first kappa shape index (κ1) is 21.7. The highest BCUT2D eigenvalue weighted by Crippen LogP contribution is 2.18. The molecule has 0 bridgehead atoms. The fourth-order valence-electron chi connectivity index (χ4n) is 3.23. The molecule has 7 heteroatoms. The lowest BCUT2D eigenvalue weighted by Gasteiger charge is -2.34. The number of urea groups is 1. The van der Waals surface area contributed by atoms with Crippen LogP contribution in [0, 0.1) is 6.92 Å². The molecule has 1 atom stereocenters. The minimum Gasteiger partial charge on any atom is -0.341 e. The van der Waals surface area contributed by atoms with Gasteiger partial charge in [-0.3, -0.25) is 4.79 Å². The van der Waals surface area contributed by atoms with Crippen molar-refractivity contribution in [3.63, 3.8) is 0 Å². The first-order chi connectivity index (χ1) is 13.0. The van der Waals surface area contributed by atoms with Crippen LogP contribution in [-0.4, -0.2) is 36.0 Å². The maximum absolute atomic E-state index is 12.7. The summed E-state index contributed by atoms with van der Waals surface area (Å²) >= 11 is 0. The molecule has 150 valence electrons. The average molecular weight is 403 g/mol. The fraction of sp³-hybridized carbons (Fsp3) is 0.333. The van der Waals surface area contributed by atoms with E-state index in [4.69, 9.17) is 5.73 Å². The second-order valence-corrected chi connectivity index (χ2v) is 6.95. The van der Waals surface area contributed by atoms with Crippen molar-refractivity contribution in [3.8, 4) is 0 Å². The summed E-state index contributed by atoms with van der Waals surface area (Å²) in [6.45, 7) is 3.19. The van der Waals surface area contributed by atoms with Crippen LogP contribution in [0.2, 0.25) is 0 Å². The molecule has 28 heavy (non-hydrogen) atoms. The zero-order chi connectivity index (χ0) is 19.2. The predicted molar refractivity (Wildman–Crippen MR) is 114 cm³/mol. The molecule has 4 N–H and O–H groups in total. The topological polar surface area (TPSA) is 87.5 Å². The van der Waals surface area contributed by atoms with Crippen LogP contribution in [0.3, 0.4) is 0 Å². The second-order valence-electron chi connectivity index (χ2n) is 6.95. The highest BCUT2D eigenvalue weighted by atomic mass is 35.5. The lowest BCUT2D eigenvalue weighted by atomic mass is 10.0. The molecule has 0 spiro atoms. The monoisotopic (exact) mass is 402 g/mol. The summed E-state index contributed by atoms with van der Waals surface area (Å²) in [5, 5.41) is 5.79. The Hall–Kier alpha value is -2.57. The molecule has 1 fully saturated rings. The summed E-state index contributed by atoms with van der Waals surface area (Å²) in [5.74, 6) is -0.0639. The van der Waals surface area contributed by atoms with Gasteiger partial charge in [0.2, 0.25) is 5.91 Å². The van der Waals surface area contributed by atoms with Crippen molar-refractivity contribution in [1.29, 1.82) is 0 Å². The highest BCUT2D eigenvalue weighted by Gasteiger charge is 2.27. The van der Waals surface area contributed by atoms with Crippen molar-refractivity contribution in [2.75, 3.05) is 18.4 Å². The molecule has 0 aliphatic carbocycles. The summed E-state index contributed by atoms with van der Waals surface area (Å²) in [5.41, 5.74) is 8.87. The van der Waals surface area contributed by atoms with Crippen molar-refractivity contribution >= 4 is 30.0 Å². The number of carbonyl (C=O) groups is 2. The van der Waals surface area contributed by atoms with E-state index in [1.54, 1.807) is 4.90 Å². The standard InChI is InChI=1S/C21H26N4O2.ClH/c1-15-7-9-16(10-8-15)19(22)20(26)25-13-11-18(12-14-25)24-21(27)23-17-5-3-2-4-6-17;/h2-10,18-19H,11-14,22H2,1H3,(H2,23,24,27);1H. The van der Waals surface area contributed by atoms with Gasteiger partial charge in [-0.1, -0.05) is 48.0 Å². The van der Waals surface area contributed by atoms with E-state index in [9.17, 15) is 9.59 Å². The van der Waals surface area contributed by atoms with Crippen molar-refractivity contribution in [2.24, 2.45) is 5.73 Å². The predicted octanol–water partition coefficient (Wildman–Crippen LogP) is 3.23. The number of carbonyl (C=O) groups excluding carboxylic acids is 2. The molecule has 1 saturated heterocycles. The number of para-hydroxylation sites is 1. The van der Waals surface area contributed by atoms with Crippen molar-refractivity contribution in [2.45, 2.75) is 31.8 Å². The molecule has 6 nitrogen and oxygen atoms in total. The highest BCUT2D eigenvalue weighted by molar-refractivity contribution is 5.89. The van der Waals surface area contributed by atoms with Crippen LogP contribution < -0.4 is 16.4 Å². The smallest absolute Gasteiger partial charge is 0.319 e. The number of hydrogen-bond acceptors (Lipinski definition) is 3. The largest absolute Gasteiger partial charge is 0.341 e. The quantitative estimate of drug-likeness (QED) is 0.733. The third kappa shape index (κ3) is 5.71. The SMILES string of the molecule is Cc1ccc(C(N)C(=O)N2CCC(NC(=O)Nc3ccccc3)CC2)cc1.Cl. The van der Waals surface area contributed by atoms with Gasteiger partial charge in [-0.05, 0) is 37.5 Å². The molecule has 2 aromatic rings. The van der Waals surface area contributed by atoms with Gasteiger partial charge < -0.3 is 21.3 Å². The van der Waals surface area contributed by atoms with Crippen molar-refractivity contribution in [1.82, 2.24) is 10.2 Å². The van der Waals surface area contributed by atoms with E-state index in [1.165, 1.54) is 0 Å². The molecular formula is C21H27ClN4O2. The van der Waals surface area contributed by atoms with Gasteiger partial charge in [-0.15, -0.1) is 12.4 Å². The first-order valence-electron chi connectivity index (χ1n) is 9.26. The number of piperidine rings is 1. The number of nitrogens with two attached hydrogens (primary N) is 1. The van der Waals surface area contributed by atoms with E-state index in [-0.39, 0.29) is 30.4 Å². The normalized spacial score (nSPS) is 15.3. The number of halogens is 1. The number of aryl methyl sites for hydroxylation is 1. The molecule has 3 rings (SSSR count). The van der Waals surface area contributed by atoms with E-state index in [2.05, 4.69) is 10.6 Å². The van der Waals surface area contributed by atoms with E-state index in [0.29, 0.717) is 25.9 Å². The zero-order valence-electron chi connectivity index (χ0n) is 15.9. The Morgan fingerprint density at radius 1 is 1.04 bits per heavy atom. The third-order valence-electron chi connectivity index (χ3n) is 4.88. The van der Waals surface area contributed by atoms with E-state index in [0.717, 1.165) is 16.8 Å². The minimum absolute atomic E-state index is 0. The lowest BCUT2D eigenvalue weighted by Crippen LogP contribution is -2.49. The van der Waals surface area contributed by atoms with Crippen LogP contribution >= 0.6 is 12.4 Å². The van der Waals surface area contributed by atoms with Crippen LogP contribution in [0.1, 0.15) is 30.0 Å². The molecular weight excluding hydrogens is 376 g/mol. The molecule has 1 heterocycles. The minimum atomic E-state index is -0.642. The fourth-order valence-corrected chi connectivity index (χ4v) is 3.23. The van der Waals surface area contributed by atoms with Crippen LogP contribution in [0.5, 0.6) is 0 Å². The van der Waals surface area contributed by atoms with Gasteiger partial charge in [0, 0.05) is 24.8 Å². The summed E-state index contributed by atoms with van der Waals surface area (Å²) in [4.78, 5) is 26.5. The van der Waals surface area contributed by atoms with E-state index >= 15 is 0 Å². The van der Waals surface area contributed by atoms with Crippen LogP contribution in [0.4, 0.5) is 10.5 Å². The lowest BCUT2D eigenvalue weighted by molar-refractivity contribution is -0.133. The molecule has 1 aliphatic rings. The van der Waals surface area contributed by atoms with Gasteiger partial charge >= 0.3 is 6.03 Å². The van der Waals surface area contributed by atoms with Crippen LogP contribution in [-0.2, 0) is 4.79 Å². The van der Waals surface area contributed by atoms with E-state index in [1.807, 2.05) is 61.5 Å². The Morgan fingerprint density at radius 3 is 2.25 bits per heavy atom. The Bertz CT molecular complexity index is 775. The second kappa shape index (κ2) is 10.1. The molecule has 2 aromatic carbocycles. The number of likely N-dealkylation sites (tertiary alicyclic amines) is 1. The number of anilines is 1. The average Bonchev–Trinajstić information content (AvgIpc) is 2.69. The third-order valence-corrected chi connectivity index (χ3v) is 4.88. The van der Waals surface area contributed by atoms with Gasteiger partial charge in [-0.25, -0.2) is 4.79 Å². The Morgan fingerprint density at radius 2 is 1.64 bits per heavy atom. The van der Waals surface area contributed by atoms with Gasteiger partial charge in [-0.2, -0.15) is 0 Å². The number of amides is 3. The summed E-state index contributed by atoms with van der Waals surface area (Å²) in [7, 11) is 0. The van der Waals surface area contributed by atoms with Gasteiger partial charge in [0.1, 0.15) is 6.04 Å². The summed E-state index contributed by atoms with van der Waals surface area (Å²) in [6, 6.07) is 16.2. The Labute approximate surface area is 171 Å². The molecule has 0 aromatic heterocycles. The number of benzene rings is 2. The van der Waals surface area contributed by atoms with Crippen molar-refractivity contribution in [3.05, 3.63) is 65.7 Å². The first-order valence-corrected chi connectivity index (χ1v) is 9.26. The number of hydrogen-bond donors (Lipinski definition) is 3. The number of nitrogens with zero attached hydrogens (tertiary/aromatic N) is 1. The maximum Gasteiger partial charge on any atom is 0.319 e. The summed E-state index contributed by atoms with van der Waals surface area (Å²) in [6.07, 6.45) is 1.43. The van der Waals surface area contributed by atoms with E-state index < -0.39 is 6.04 Å². The van der Waals surface area contributed by atoms with Gasteiger partial charge in [0.25, 0.3) is 0 Å².